The molecule has 1 saturated heterocycles. The Kier molecular flexibility index (Phi) is 8.55. The van der Waals surface area contributed by atoms with Gasteiger partial charge in [0.05, 0.1) is 30.0 Å². The number of nitrogens with zero attached hydrogens (tertiary/aromatic N) is 2. The molecule has 1 fully saturated rings. The van der Waals surface area contributed by atoms with Crippen molar-refractivity contribution in [2.45, 2.75) is 25.1 Å². The summed E-state index contributed by atoms with van der Waals surface area (Å²) < 4.78 is 5.01. The van der Waals surface area contributed by atoms with Crippen molar-refractivity contribution in [1.82, 2.24) is 4.90 Å². The first-order chi connectivity index (χ1) is 18.3. The molecule has 1 aliphatic rings. The van der Waals surface area contributed by atoms with Crippen LogP contribution in [0.1, 0.15) is 39.6 Å². The van der Waals surface area contributed by atoms with Gasteiger partial charge in [-0.05, 0) is 61.0 Å². The molecular weight excluding hydrogens is 506 g/mol. The maximum Gasteiger partial charge on any atom is 0.338 e. The number of rotatable bonds is 9. The zero-order valence-electron chi connectivity index (χ0n) is 20.5. The minimum absolute atomic E-state index is 0.0870. The van der Waals surface area contributed by atoms with E-state index in [9.17, 15) is 19.2 Å². The van der Waals surface area contributed by atoms with E-state index in [2.05, 4.69) is 10.3 Å². The molecule has 0 aromatic heterocycles. The maximum atomic E-state index is 13.4. The number of carbonyl (C=O) groups is 4. The van der Waals surface area contributed by atoms with Crippen molar-refractivity contribution in [1.29, 1.82) is 0 Å². The Balaban J connectivity index is 1.51. The van der Waals surface area contributed by atoms with Gasteiger partial charge in [-0.1, -0.05) is 42.1 Å². The van der Waals surface area contributed by atoms with Crippen LogP contribution in [0.2, 0.25) is 0 Å². The monoisotopic (exact) mass is 531 g/mol. The highest BCUT2D eigenvalue weighted by molar-refractivity contribution is 8.15. The number of nitrogens with one attached hydrogen (secondary N) is 1. The van der Waals surface area contributed by atoms with Gasteiger partial charge in [0.25, 0.3) is 0 Å². The lowest BCUT2D eigenvalue weighted by atomic mass is 10.2. The number of anilines is 1. The number of carboxylic acids is 1. The molecule has 4 rings (SSSR count). The summed E-state index contributed by atoms with van der Waals surface area (Å²) in [5.74, 6) is -2.10. The van der Waals surface area contributed by atoms with Gasteiger partial charge in [-0.2, -0.15) is 0 Å². The third kappa shape index (κ3) is 6.65. The fourth-order valence-corrected chi connectivity index (χ4v) is 4.87. The van der Waals surface area contributed by atoms with Crippen molar-refractivity contribution in [2.24, 2.45) is 4.99 Å². The van der Waals surface area contributed by atoms with E-state index in [1.165, 1.54) is 36.0 Å². The number of esters is 1. The highest BCUT2D eigenvalue weighted by Gasteiger charge is 2.39. The van der Waals surface area contributed by atoms with Gasteiger partial charge in [-0.25, -0.2) is 14.6 Å². The van der Waals surface area contributed by atoms with E-state index in [-0.39, 0.29) is 30.4 Å². The number of carbonyl (C=O) groups excluding carboxylic acids is 3. The number of aliphatic imine (C=N–C) groups is 1. The van der Waals surface area contributed by atoms with Crippen LogP contribution < -0.4 is 5.32 Å². The fraction of sp³-hybridized carbons (Fsp3) is 0.179. The van der Waals surface area contributed by atoms with Gasteiger partial charge in [-0.15, -0.1) is 0 Å². The standard InChI is InChI=1S/C28H25N3O6S/c1-2-37-27(36)20-10-14-22(15-11-20)30-28-31(17-18-6-4-3-5-7-18)25(33)23(38-28)16-24(32)29-21-12-8-19(9-13-21)26(34)35/h3-15,23H,2,16-17H2,1H3,(H,29,32)(H,34,35)/t23-/m1/s1. The molecule has 0 bridgehead atoms. The van der Waals surface area contributed by atoms with Gasteiger partial charge >= 0.3 is 11.9 Å². The first kappa shape index (κ1) is 26.6. The Morgan fingerprint density at radius 1 is 0.974 bits per heavy atom. The van der Waals surface area contributed by atoms with Crippen LogP contribution in [-0.4, -0.2) is 50.8 Å². The molecule has 0 unspecified atom stereocenters. The SMILES string of the molecule is CCOC(=O)c1ccc(N=C2S[C@H](CC(=O)Nc3ccc(C(=O)O)cc3)C(=O)N2Cc2ccccc2)cc1. The van der Waals surface area contributed by atoms with Gasteiger partial charge in [0.1, 0.15) is 5.25 Å². The molecule has 38 heavy (non-hydrogen) atoms. The van der Waals surface area contributed by atoms with Crippen molar-refractivity contribution >= 4 is 52.1 Å². The number of thioether (sulfide) groups is 1. The number of carboxylic acid groups (broad SMARTS) is 1. The molecule has 1 heterocycles. The van der Waals surface area contributed by atoms with Crippen LogP contribution >= 0.6 is 11.8 Å². The predicted molar refractivity (Wildman–Crippen MR) is 145 cm³/mol. The van der Waals surface area contributed by atoms with Gasteiger partial charge in [0.15, 0.2) is 5.17 Å². The van der Waals surface area contributed by atoms with Crippen molar-refractivity contribution in [3.8, 4) is 0 Å². The topological polar surface area (TPSA) is 125 Å². The first-order valence-electron chi connectivity index (χ1n) is 11.8. The molecule has 194 valence electrons. The van der Waals surface area contributed by atoms with E-state index in [0.29, 0.717) is 28.7 Å². The van der Waals surface area contributed by atoms with E-state index in [0.717, 1.165) is 5.56 Å². The predicted octanol–water partition coefficient (Wildman–Crippen LogP) is 4.72. The largest absolute Gasteiger partial charge is 0.478 e. The van der Waals surface area contributed by atoms with Crippen molar-refractivity contribution in [3.05, 3.63) is 95.6 Å². The van der Waals surface area contributed by atoms with E-state index in [1.54, 1.807) is 36.1 Å². The Labute approximate surface area is 223 Å². The number of amides is 2. The summed E-state index contributed by atoms with van der Waals surface area (Å²) in [6, 6.07) is 21.8. The Bertz CT molecular complexity index is 1360. The van der Waals surface area contributed by atoms with Crippen molar-refractivity contribution in [3.63, 3.8) is 0 Å². The average molecular weight is 532 g/mol. The number of hydrogen-bond acceptors (Lipinski definition) is 7. The second-order valence-electron chi connectivity index (χ2n) is 8.31. The van der Waals surface area contributed by atoms with Gasteiger partial charge < -0.3 is 15.2 Å². The first-order valence-corrected chi connectivity index (χ1v) is 12.7. The minimum atomic E-state index is -1.06. The zero-order valence-corrected chi connectivity index (χ0v) is 21.3. The van der Waals surface area contributed by atoms with Crippen LogP contribution in [0.3, 0.4) is 0 Å². The molecule has 3 aromatic carbocycles. The average Bonchev–Trinajstić information content (AvgIpc) is 3.18. The van der Waals surface area contributed by atoms with Crippen molar-refractivity contribution < 1.29 is 29.0 Å². The van der Waals surface area contributed by atoms with E-state index >= 15 is 0 Å². The molecule has 9 nitrogen and oxygen atoms in total. The van der Waals surface area contributed by atoms with E-state index < -0.39 is 17.2 Å². The fourth-order valence-electron chi connectivity index (χ4n) is 3.71. The molecule has 10 heteroatoms. The smallest absolute Gasteiger partial charge is 0.338 e. The normalized spacial score (nSPS) is 15.9. The lowest BCUT2D eigenvalue weighted by molar-refractivity contribution is -0.128. The lowest BCUT2D eigenvalue weighted by Gasteiger charge is -2.16. The second kappa shape index (κ2) is 12.2. The van der Waals surface area contributed by atoms with E-state index in [4.69, 9.17) is 9.84 Å². The van der Waals surface area contributed by atoms with Crippen LogP contribution in [0, 0.1) is 0 Å². The third-order valence-electron chi connectivity index (χ3n) is 5.59. The van der Waals surface area contributed by atoms with Crippen LogP contribution in [0.4, 0.5) is 11.4 Å². The minimum Gasteiger partial charge on any atom is -0.478 e. The van der Waals surface area contributed by atoms with Gasteiger partial charge in [0, 0.05) is 12.1 Å². The zero-order chi connectivity index (χ0) is 27.1. The number of aromatic carboxylic acids is 1. The highest BCUT2D eigenvalue weighted by Crippen LogP contribution is 2.33. The Hall–Kier alpha value is -4.44. The summed E-state index contributed by atoms with van der Waals surface area (Å²) >= 11 is 1.20. The summed E-state index contributed by atoms with van der Waals surface area (Å²) in [4.78, 5) is 55.2. The molecule has 2 N–H and O–H groups in total. The number of ether oxygens (including phenoxy) is 1. The van der Waals surface area contributed by atoms with E-state index in [1.807, 2.05) is 30.3 Å². The lowest BCUT2D eigenvalue weighted by Crippen LogP contribution is -2.33. The Morgan fingerprint density at radius 2 is 1.63 bits per heavy atom. The summed E-state index contributed by atoms with van der Waals surface area (Å²) in [7, 11) is 0. The summed E-state index contributed by atoms with van der Waals surface area (Å²) in [6.45, 7) is 2.31. The van der Waals surface area contributed by atoms with Gasteiger partial charge in [0.2, 0.25) is 11.8 Å². The molecular formula is C28H25N3O6S. The number of benzene rings is 3. The quantitative estimate of drug-likeness (QED) is 0.383. The van der Waals surface area contributed by atoms with Crippen LogP contribution in [0.5, 0.6) is 0 Å². The Morgan fingerprint density at radius 3 is 2.26 bits per heavy atom. The molecule has 0 aliphatic carbocycles. The summed E-state index contributed by atoms with van der Waals surface area (Å²) in [6.07, 6.45) is -0.0870. The number of hydrogen-bond donors (Lipinski definition) is 2. The summed E-state index contributed by atoms with van der Waals surface area (Å²) in [5.41, 5.74) is 2.41. The molecule has 1 aliphatic heterocycles. The molecule has 0 saturated carbocycles. The van der Waals surface area contributed by atoms with Crippen LogP contribution in [0.15, 0.2) is 83.9 Å². The maximum absolute atomic E-state index is 13.4. The third-order valence-corrected chi connectivity index (χ3v) is 6.77. The van der Waals surface area contributed by atoms with Crippen molar-refractivity contribution in [2.75, 3.05) is 11.9 Å². The molecule has 0 radical (unpaired) electrons. The summed E-state index contributed by atoms with van der Waals surface area (Å²) in [5, 5.41) is 11.5. The molecule has 0 spiro atoms. The van der Waals surface area contributed by atoms with Gasteiger partial charge in [-0.3, -0.25) is 14.5 Å². The van der Waals surface area contributed by atoms with Crippen LogP contribution in [0.25, 0.3) is 0 Å². The second-order valence-corrected chi connectivity index (χ2v) is 9.48. The number of amidine groups is 1. The molecule has 2 amide bonds. The molecule has 1 atom stereocenters. The van der Waals surface area contributed by atoms with Crippen LogP contribution in [-0.2, 0) is 20.9 Å². The molecule has 3 aromatic rings. The highest BCUT2D eigenvalue weighted by atomic mass is 32.2.